The number of benzene rings is 2. The minimum absolute atomic E-state index is 0.00376. The molecule has 6 nitrogen and oxygen atoms in total. The van der Waals surface area contributed by atoms with Crippen molar-refractivity contribution in [2.75, 3.05) is 39.3 Å². The summed E-state index contributed by atoms with van der Waals surface area (Å²) in [6, 6.07) is 15.8. The van der Waals surface area contributed by atoms with E-state index in [1.807, 2.05) is 48.5 Å². The molecule has 2 heterocycles. The van der Waals surface area contributed by atoms with Gasteiger partial charge in [0.1, 0.15) is 0 Å². The molecule has 1 saturated heterocycles. The molecule has 1 aromatic heterocycles. The molecule has 28 heavy (non-hydrogen) atoms. The number of piperazine rings is 1. The van der Waals surface area contributed by atoms with Gasteiger partial charge in [-0.25, -0.2) is 4.98 Å². The second-order valence-corrected chi connectivity index (χ2v) is 7.82. The summed E-state index contributed by atoms with van der Waals surface area (Å²) in [5, 5.41) is 7.29. The fourth-order valence-corrected chi connectivity index (χ4v) is 4.26. The van der Waals surface area contributed by atoms with Crippen molar-refractivity contribution in [1.29, 1.82) is 0 Å². The Morgan fingerprint density at radius 2 is 1.89 bits per heavy atom. The zero-order chi connectivity index (χ0) is 19.2. The number of thioether (sulfide) groups is 1. The maximum absolute atomic E-state index is 12.7. The van der Waals surface area contributed by atoms with Crippen LogP contribution < -0.4 is 10.6 Å². The van der Waals surface area contributed by atoms with E-state index in [9.17, 15) is 4.79 Å². The molecule has 1 aliphatic heterocycles. The third-order valence-electron chi connectivity index (χ3n) is 4.92. The van der Waals surface area contributed by atoms with Crippen LogP contribution in [0.2, 0.25) is 0 Å². The van der Waals surface area contributed by atoms with E-state index in [1.54, 1.807) is 11.8 Å². The Kier molecular flexibility index (Phi) is 6.26. The van der Waals surface area contributed by atoms with Crippen molar-refractivity contribution in [1.82, 2.24) is 25.5 Å². The molecule has 4 rings (SSSR count). The van der Waals surface area contributed by atoms with E-state index in [0.717, 1.165) is 60.0 Å². The molecule has 1 fully saturated rings. The highest BCUT2D eigenvalue weighted by Crippen LogP contribution is 2.24. The minimum Gasteiger partial charge on any atom is -0.351 e. The quantitative estimate of drug-likeness (QED) is 0.536. The Balaban J connectivity index is 1.35. The summed E-state index contributed by atoms with van der Waals surface area (Å²) in [5.74, 6) is 0.692. The number of aromatic nitrogens is 2. The van der Waals surface area contributed by atoms with Crippen molar-refractivity contribution < 1.29 is 4.79 Å². The summed E-state index contributed by atoms with van der Waals surface area (Å²) in [5.41, 5.74) is 3.76. The van der Waals surface area contributed by atoms with E-state index >= 15 is 0 Å². The average Bonchev–Trinajstić information content (AvgIpc) is 3.16. The highest BCUT2D eigenvalue weighted by molar-refractivity contribution is 7.98. The van der Waals surface area contributed by atoms with Crippen LogP contribution in [0.15, 0.2) is 53.7 Å². The molecule has 0 spiro atoms. The van der Waals surface area contributed by atoms with E-state index in [2.05, 4.69) is 25.5 Å². The SMILES string of the molecule is O=C(NCCN1CCNCC1)c1ccccc1CSc1nc2ccccc2[nH]1. The average molecular weight is 396 g/mol. The van der Waals surface area contributed by atoms with Crippen LogP contribution in [-0.4, -0.2) is 60.0 Å². The van der Waals surface area contributed by atoms with Crippen molar-refractivity contribution in [3.8, 4) is 0 Å². The molecule has 0 radical (unpaired) electrons. The highest BCUT2D eigenvalue weighted by atomic mass is 32.2. The van der Waals surface area contributed by atoms with Gasteiger partial charge in [0, 0.05) is 50.6 Å². The summed E-state index contributed by atoms with van der Waals surface area (Å²) in [7, 11) is 0. The molecule has 3 aromatic rings. The molecular formula is C21H25N5OS. The monoisotopic (exact) mass is 395 g/mol. The first-order chi connectivity index (χ1) is 13.8. The Morgan fingerprint density at radius 3 is 2.75 bits per heavy atom. The predicted molar refractivity (Wildman–Crippen MR) is 114 cm³/mol. The zero-order valence-corrected chi connectivity index (χ0v) is 16.6. The maximum atomic E-state index is 12.7. The lowest BCUT2D eigenvalue weighted by Crippen LogP contribution is -2.46. The Labute approximate surface area is 169 Å². The molecule has 0 bridgehead atoms. The van der Waals surface area contributed by atoms with Crippen molar-refractivity contribution in [2.24, 2.45) is 0 Å². The minimum atomic E-state index is -0.00376. The highest BCUT2D eigenvalue weighted by Gasteiger charge is 2.13. The van der Waals surface area contributed by atoms with Crippen molar-refractivity contribution >= 4 is 28.7 Å². The van der Waals surface area contributed by atoms with Crippen molar-refractivity contribution in [3.63, 3.8) is 0 Å². The Morgan fingerprint density at radius 1 is 1.11 bits per heavy atom. The molecule has 0 aliphatic carbocycles. The first-order valence-corrected chi connectivity index (χ1v) is 10.6. The Bertz CT molecular complexity index is 902. The lowest BCUT2D eigenvalue weighted by molar-refractivity contribution is 0.0946. The number of rotatable bonds is 7. The molecule has 0 saturated carbocycles. The van der Waals surface area contributed by atoms with Crippen LogP contribution in [0.25, 0.3) is 11.0 Å². The zero-order valence-electron chi connectivity index (χ0n) is 15.8. The molecule has 0 unspecified atom stereocenters. The van der Waals surface area contributed by atoms with Crippen molar-refractivity contribution in [2.45, 2.75) is 10.9 Å². The molecule has 3 N–H and O–H groups in total. The lowest BCUT2D eigenvalue weighted by Gasteiger charge is -2.27. The number of para-hydroxylation sites is 2. The van der Waals surface area contributed by atoms with E-state index in [4.69, 9.17) is 0 Å². The topological polar surface area (TPSA) is 73.1 Å². The number of aromatic amines is 1. The normalized spacial score (nSPS) is 15.0. The number of H-pyrrole nitrogens is 1. The number of imidazole rings is 1. The number of amides is 1. The van der Waals surface area contributed by atoms with Gasteiger partial charge in [-0.2, -0.15) is 0 Å². The smallest absolute Gasteiger partial charge is 0.251 e. The fraction of sp³-hybridized carbons (Fsp3) is 0.333. The standard InChI is InChI=1S/C21H25N5OS/c27-20(23-11-14-26-12-9-22-10-13-26)17-6-2-1-5-16(17)15-28-21-24-18-7-3-4-8-19(18)25-21/h1-8,22H,9-15H2,(H,23,27)(H,24,25). The van der Waals surface area contributed by atoms with Gasteiger partial charge in [-0.3, -0.25) is 9.69 Å². The van der Waals surface area contributed by atoms with E-state index in [1.165, 1.54) is 0 Å². The van der Waals surface area contributed by atoms with Gasteiger partial charge in [0.2, 0.25) is 0 Å². The molecule has 7 heteroatoms. The van der Waals surface area contributed by atoms with Crippen LogP contribution >= 0.6 is 11.8 Å². The van der Waals surface area contributed by atoms with Gasteiger partial charge in [-0.1, -0.05) is 42.1 Å². The van der Waals surface area contributed by atoms with Gasteiger partial charge in [-0.15, -0.1) is 0 Å². The van der Waals surface area contributed by atoms with Crippen LogP contribution in [0.5, 0.6) is 0 Å². The molecule has 1 aliphatic rings. The summed E-state index contributed by atoms with van der Waals surface area (Å²) >= 11 is 1.62. The fourth-order valence-electron chi connectivity index (χ4n) is 3.37. The molecule has 146 valence electrons. The van der Waals surface area contributed by atoms with Gasteiger partial charge in [0.05, 0.1) is 11.0 Å². The molecule has 0 atom stereocenters. The van der Waals surface area contributed by atoms with E-state index < -0.39 is 0 Å². The van der Waals surface area contributed by atoms with Gasteiger partial charge >= 0.3 is 0 Å². The second-order valence-electron chi connectivity index (χ2n) is 6.85. The van der Waals surface area contributed by atoms with E-state index in [0.29, 0.717) is 12.3 Å². The first-order valence-electron chi connectivity index (χ1n) is 9.66. The first kappa shape index (κ1) is 19.0. The third kappa shape index (κ3) is 4.73. The summed E-state index contributed by atoms with van der Waals surface area (Å²) in [4.78, 5) is 23.0. The number of hydrogen-bond donors (Lipinski definition) is 3. The second kappa shape index (κ2) is 9.23. The summed E-state index contributed by atoms with van der Waals surface area (Å²) in [6.07, 6.45) is 0. The number of carbonyl (C=O) groups is 1. The Hall–Kier alpha value is -2.35. The van der Waals surface area contributed by atoms with Crippen LogP contribution in [-0.2, 0) is 5.75 Å². The van der Waals surface area contributed by atoms with E-state index in [-0.39, 0.29) is 5.91 Å². The molecular weight excluding hydrogens is 370 g/mol. The number of carbonyl (C=O) groups excluding carboxylic acids is 1. The van der Waals surface area contributed by atoms with Crippen LogP contribution in [0.4, 0.5) is 0 Å². The van der Waals surface area contributed by atoms with Crippen LogP contribution in [0, 0.1) is 0 Å². The predicted octanol–water partition coefficient (Wildman–Crippen LogP) is 2.49. The summed E-state index contributed by atoms with van der Waals surface area (Å²) < 4.78 is 0. The number of hydrogen-bond acceptors (Lipinski definition) is 5. The third-order valence-corrected chi connectivity index (χ3v) is 5.84. The van der Waals surface area contributed by atoms with Gasteiger partial charge in [0.15, 0.2) is 5.16 Å². The molecule has 1 amide bonds. The van der Waals surface area contributed by atoms with Crippen LogP contribution in [0.3, 0.4) is 0 Å². The van der Waals surface area contributed by atoms with Crippen LogP contribution in [0.1, 0.15) is 15.9 Å². The number of nitrogens with one attached hydrogen (secondary N) is 3. The number of fused-ring (bicyclic) bond motifs is 1. The van der Waals surface area contributed by atoms with Gasteiger partial charge in [0.25, 0.3) is 5.91 Å². The molecule has 2 aromatic carbocycles. The number of nitrogens with zero attached hydrogens (tertiary/aromatic N) is 2. The summed E-state index contributed by atoms with van der Waals surface area (Å²) in [6.45, 7) is 5.69. The lowest BCUT2D eigenvalue weighted by atomic mass is 10.1. The largest absolute Gasteiger partial charge is 0.351 e. The maximum Gasteiger partial charge on any atom is 0.251 e. The van der Waals surface area contributed by atoms with Gasteiger partial charge < -0.3 is 15.6 Å². The van der Waals surface area contributed by atoms with Gasteiger partial charge in [-0.05, 0) is 23.8 Å². The van der Waals surface area contributed by atoms with Crippen molar-refractivity contribution in [3.05, 3.63) is 59.7 Å².